The Balaban J connectivity index is 2.17. The van der Waals surface area contributed by atoms with Gasteiger partial charge in [-0.25, -0.2) is 9.37 Å². The fourth-order valence-corrected chi connectivity index (χ4v) is 3.55. The summed E-state index contributed by atoms with van der Waals surface area (Å²) < 4.78 is 21.7. The predicted molar refractivity (Wildman–Crippen MR) is 82.5 cm³/mol. The molecule has 1 aromatic heterocycles. The average molecular weight is 311 g/mol. The Morgan fingerprint density at radius 1 is 1.43 bits per heavy atom. The number of hydrogen-bond acceptors (Lipinski definition) is 2. The number of fused-ring (bicyclic) bond motifs is 1. The van der Waals surface area contributed by atoms with Crippen molar-refractivity contribution in [1.82, 2.24) is 9.55 Å². The van der Waals surface area contributed by atoms with Gasteiger partial charge >= 0.3 is 0 Å². The first-order chi connectivity index (χ1) is 10.2. The van der Waals surface area contributed by atoms with E-state index in [-0.39, 0.29) is 18.0 Å². The van der Waals surface area contributed by atoms with Crippen molar-refractivity contribution in [3.63, 3.8) is 0 Å². The Kier molecular flexibility index (Phi) is 4.18. The molecule has 0 bridgehead atoms. The van der Waals surface area contributed by atoms with E-state index in [9.17, 15) is 4.39 Å². The molecule has 0 aliphatic heterocycles. The van der Waals surface area contributed by atoms with Gasteiger partial charge in [-0.15, -0.1) is 11.6 Å². The molecule has 0 radical (unpaired) electrons. The summed E-state index contributed by atoms with van der Waals surface area (Å²) in [6.45, 7) is 1.79. The normalized spacial score (nSPS) is 22.3. The summed E-state index contributed by atoms with van der Waals surface area (Å²) in [5.41, 5.74) is 2.34. The molecule has 2 atom stereocenters. The highest BCUT2D eigenvalue weighted by Crippen LogP contribution is 2.36. The predicted octanol–water partition coefficient (Wildman–Crippen LogP) is 4.01. The van der Waals surface area contributed by atoms with Crippen LogP contribution in [0.15, 0.2) is 12.1 Å². The maximum absolute atomic E-state index is 13.8. The number of methoxy groups -OCH3 is 1. The molecule has 114 valence electrons. The van der Waals surface area contributed by atoms with E-state index in [1.54, 1.807) is 14.0 Å². The highest BCUT2D eigenvalue weighted by molar-refractivity contribution is 6.17. The molecule has 0 N–H and O–H groups in total. The second-order valence-electron chi connectivity index (χ2n) is 5.70. The zero-order chi connectivity index (χ0) is 15.0. The van der Waals surface area contributed by atoms with Crippen LogP contribution in [0.25, 0.3) is 11.0 Å². The lowest BCUT2D eigenvalue weighted by atomic mass is 10.1. The third-order valence-corrected chi connectivity index (χ3v) is 4.60. The molecule has 0 amide bonds. The Labute approximate surface area is 129 Å². The molecule has 3 nitrogen and oxygen atoms in total. The Bertz CT molecular complexity index is 655. The number of aryl methyl sites for hydroxylation is 2. The van der Waals surface area contributed by atoms with E-state index in [2.05, 4.69) is 9.55 Å². The highest BCUT2D eigenvalue weighted by atomic mass is 35.5. The summed E-state index contributed by atoms with van der Waals surface area (Å²) in [7, 11) is 1.76. The van der Waals surface area contributed by atoms with Gasteiger partial charge in [0.2, 0.25) is 0 Å². The highest BCUT2D eigenvalue weighted by Gasteiger charge is 2.31. The van der Waals surface area contributed by atoms with Crippen LogP contribution in [0.4, 0.5) is 4.39 Å². The summed E-state index contributed by atoms with van der Waals surface area (Å²) >= 11 is 5.92. The monoisotopic (exact) mass is 310 g/mol. The standard InChI is InChI=1S/C16H20ClFN2O/c1-10-8-14-12(9-11(10)18)19-16(6-7-17)20(14)13-4-3-5-15(13)21-2/h8-9,13,15H,3-7H2,1-2H3. The van der Waals surface area contributed by atoms with Crippen molar-refractivity contribution < 1.29 is 9.13 Å². The number of halogens is 2. The van der Waals surface area contributed by atoms with Gasteiger partial charge < -0.3 is 9.30 Å². The summed E-state index contributed by atoms with van der Waals surface area (Å²) in [6, 6.07) is 3.68. The van der Waals surface area contributed by atoms with Crippen molar-refractivity contribution in [2.24, 2.45) is 0 Å². The van der Waals surface area contributed by atoms with Crippen molar-refractivity contribution in [3.8, 4) is 0 Å². The second kappa shape index (κ2) is 5.93. The number of imidazole rings is 1. The van der Waals surface area contributed by atoms with Crippen LogP contribution in [0.5, 0.6) is 0 Å². The van der Waals surface area contributed by atoms with Gasteiger partial charge in [-0.1, -0.05) is 0 Å². The van der Waals surface area contributed by atoms with Crippen molar-refractivity contribution in [2.75, 3.05) is 13.0 Å². The Hall–Kier alpha value is -1.13. The molecule has 0 spiro atoms. The first-order valence-electron chi connectivity index (χ1n) is 7.41. The first kappa shape index (κ1) is 14.8. The number of benzene rings is 1. The van der Waals surface area contributed by atoms with Crippen molar-refractivity contribution >= 4 is 22.6 Å². The van der Waals surface area contributed by atoms with Crippen molar-refractivity contribution in [1.29, 1.82) is 0 Å². The van der Waals surface area contributed by atoms with Gasteiger partial charge in [-0.2, -0.15) is 0 Å². The van der Waals surface area contributed by atoms with E-state index >= 15 is 0 Å². The average Bonchev–Trinajstić information content (AvgIpc) is 3.03. The van der Waals surface area contributed by atoms with Crippen LogP contribution < -0.4 is 0 Å². The van der Waals surface area contributed by atoms with Crippen molar-refractivity contribution in [2.45, 2.75) is 44.8 Å². The van der Waals surface area contributed by atoms with E-state index in [0.717, 1.165) is 30.6 Å². The molecule has 5 heteroatoms. The lowest BCUT2D eigenvalue weighted by molar-refractivity contribution is 0.0753. The molecular weight excluding hydrogens is 291 g/mol. The number of ether oxygens (including phenoxy) is 1. The SMILES string of the molecule is COC1CCCC1n1c(CCCl)nc2cc(F)c(C)cc21. The zero-order valence-electron chi connectivity index (χ0n) is 12.4. The van der Waals surface area contributed by atoms with Crippen LogP contribution in [0.3, 0.4) is 0 Å². The molecule has 1 aromatic carbocycles. The number of nitrogens with zero attached hydrogens (tertiary/aromatic N) is 2. The fraction of sp³-hybridized carbons (Fsp3) is 0.562. The fourth-order valence-electron chi connectivity index (χ4n) is 3.38. The first-order valence-corrected chi connectivity index (χ1v) is 7.95. The summed E-state index contributed by atoms with van der Waals surface area (Å²) in [6.07, 6.45) is 4.14. The lowest BCUT2D eigenvalue weighted by Gasteiger charge is -2.22. The topological polar surface area (TPSA) is 27.1 Å². The van der Waals surface area contributed by atoms with Crippen LogP contribution in [-0.4, -0.2) is 28.6 Å². The minimum Gasteiger partial charge on any atom is -0.379 e. The largest absolute Gasteiger partial charge is 0.379 e. The van der Waals surface area contributed by atoms with Crippen LogP contribution in [0.1, 0.15) is 36.7 Å². The van der Waals surface area contributed by atoms with E-state index in [1.165, 1.54) is 6.07 Å². The maximum atomic E-state index is 13.8. The van der Waals surface area contributed by atoms with Gasteiger partial charge in [0.1, 0.15) is 11.6 Å². The van der Waals surface area contributed by atoms with E-state index in [1.807, 2.05) is 6.07 Å². The molecule has 1 saturated carbocycles. The second-order valence-corrected chi connectivity index (χ2v) is 6.08. The number of alkyl halides is 1. The smallest absolute Gasteiger partial charge is 0.128 e. The molecular formula is C16H20ClFN2O. The Morgan fingerprint density at radius 2 is 2.24 bits per heavy atom. The third kappa shape index (κ3) is 2.55. The zero-order valence-corrected chi connectivity index (χ0v) is 13.2. The van der Waals surface area contributed by atoms with Crippen molar-refractivity contribution in [3.05, 3.63) is 29.3 Å². The van der Waals surface area contributed by atoms with Gasteiger partial charge in [0.15, 0.2) is 0 Å². The molecule has 1 aliphatic rings. The molecule has 0 saturated heterocycles. The number of aromatic nitrogens is 2. The number of hydrogen-bond donors (Lipinski definition) is 0. The number of rotatable bonds is 4. The summed E-state index contributed by atoms with van der Waals surface area (Å²) in [4.78, 5) is 4.60. The van der Waals surface area contributed by atoms with Gasteiger partial charge in [0, 0.05) is 25.5 Å². The van der Waals surface area contributed by atoms with Crippen LogP contribution in [-0.2, 0) is 11.2 Å². The molecule has 3 rings (SSSR count). The minimum atomic E-state index is -0.209. The van der Waals surface area contributed by atoms with Gasteiger partial charge in [-0.05, 0) is 37.8 Å². The molecule has 2 unspecified atom stereocenters. The van der Waals surface area contributed by atoms with Crippen LogP contribution in [0.2, 0.25) is 0 Å². The summed E-state index contributed by atoms with van der Waals surface area (Å²) in [5, 5.41) is 0. The molecule has 1 aliphatic carbocycles. The summed E-state index contributed by atoms with van der Waals surface area (Å²) in [5.74, 6) is 1.23. The van der Waals surface area contributed by atoms with E-state index < -0.39 is 0 Å². The van der Waals surface area contributed by atoms with Gasteiger partial charge in [0.25, 0.3) is 0 Å². The quantitative estimate of drug-likeness (QED) is 0.798. The van der Waals surface area contributed by atoms with Crippen LogP contribution >= 0.6 is 11.6 Å². The molecule has 21 heavy (non-hydrogen) atoms. The van der Waals surface area contributed by atoms with Crippen LogP contribution in [0, 0.1) is 12.7 Å². The minimum absolute atomic E-state index is 0.196. The molecule has 1 heterocycles. The lowest BCUT2D eigenvalue weighted by Crippen LogP contribution is -2.22. The maximum Gasteiger partial charge on any atom is 0.128 e. The van der Waals surface area contributed by atoms with E-state index in [0.29, 0.717) is 23.4 Å². The Morgan fingerprint density at radius 3 is 2.95 bits per heavy atom. The van der Waals surface area contributed by atoms with E-state index in [4.69, 9.17) is 16.3 Å². The van der Waals surface area contributed by atoms with Gasteiger partial charge in [0.05, 0.1) is 23.2 Å². The molecule has 1 fully saturated rings. The molecule has 2 aromatic rings. The third-order valence-electron chi connectivity index (χ3n) is 4.41. The van der Waals surface area contributed by atoms with Gasteiger partial charge in [-0.3, -0.25) is 0 Å².